The molecule has 0 radical (unpaired) electrons. The van der Waals surface area contributed by atoms with E-state index in [1.165, 1.54) is 12.4 Å². The molecular formula is C26H29Cl2F3N4O5. The third-order valence-corrected chi connectivity index (χ3v) is 7.99. The van der Waals surface area contributed by atoms with E-state index in [9.17, 15) is 32.7 Å². The molecule has 1 N–H and O–H groups in total. The van der Waals surface area contributed by atoms with E-state index in [1.54, 1.807) is 0 Å². The van der Waals surface area contributed by atoms with Crippen LogP contribution in [0, 0.1) is 5.92 Å². The van der Waals surface area contributed by atoms with E-state index in [4.69, 9.17) is 27.9 Å². The van der Waals surface area contributed by atoms with Crippen LogP contribution < -0.4 is 0 Å². The Hall–Kier alpha value is -2.70. The van der Waals surface area contributed by atoms with E-state index in [-0.39, 0.29) is 47.8 Å². The molecule has 218 valence electrons. The van der Waals surface area contributed by atoms with Gasteiger partial charge in [-0.1, -0.05) is 23.2 Å². The van der Waals surface area contributed by atoms with Crippen molar-refractivity contribution in [1.82, 2.24) is 19.7 Å². The molecule has 2 aliphatic rings. The summed E-state index contributed by atoms with van der Waals surface area (Å²) in [4.78, 5) is 43.1. The number of carboxylic acids is 1. The maximum Gasteiger partial charge on any atom is 0.433 e. The molecule has 1 amide bonds. The number of carbonyl (C=O) groups excluding carboxylic acids is 2. The zero-order valence-electron chi connectivity index (χ0n) is 21.9. The first-order chi connectivity index (χ1) is 18.7. The maximum atomic E-state index is 14.4. The number of pyridine rings is 1. The van der Waals surface area contributed by atoms with Gasteiger partial charge in [-0.25, -0.2) is 0 Å². The second kappa shape index (κ2) is 11.7. The number of hydrogen-bond acceptors (Lipinski definition) is 6. The summed E-state index contributed by atoms with van der Waals surface area (Å²) in [5.74, 6) is -3.33. The minimum absolute atomic E-state index is 0.0519. The van der Waals surface area contributed by atoms with Crippen molar-refractivity contribution >= 4 is 40.9 Å². The van der Waals surface area contributed by atoms with Crippen LogP contribution in [-0.4, -0.2) is 67.2 Å². The predicted molar refractivity (Wildman–Crippen MR) is 139 cm³/mol. The second-order valence-corrected chi connectivity index (χ2v) is 11.6. The molecule has 0 aromatic carbocycles. The van der Waals surface area contributed by atoms with Crippen LogP contribution in [0.2, 0.25) is 10.0 Å². The summed E-state index contributed by atoms with van der Waals surface area (Å²) in [5, 5.41) is 13.1. The van der Waals surface area contributed by atoms with Gasteiger partial charge in [0.05, 0.1) is 57.6 Å². The summed E-state index contributed by atoms with van der Waals surface area (Å²) in [6.07, 6.45) is -0.232. The van der Waals surface area contributed by atoms with Crippen LogP contribution in [0.25, 0.3) is 0 Å². The Morgan fingerprint density at radius 3 is 2.25 bits per heavy atom. The Balaban J connectivity index is 1.67. The molecule has 14 heteroatoms. The number of rotatable bonds is 8. The smallest absolute Gasteiger partial charge is 0.433 e. The van der Waals surface area contributed by atoms with Gasteiger partial charge in [0.2, 0.25) is 0 Å². The van der Waals surface area contributed by atoms with Crippen molar-refractivity contribution in [3.05, 3.63) is 45.5 Å². The molecule has 4 rings (SSSR count). The Kier molecular flexibility index (Phi) is 8.82. The minimum Gasteiger partial charge on any atom is -0.481 e. The Labute approximate surface area is 238 Å². The van der Waals surface area contributed by atoms with Crippen LogP contribution in [0.4, 0.5) is 13.2 Å². The molecule has 0 spiro atoms. The molecule has 1 atom stereocenters. The number of carbonyl (C=O) groups is 3. The molecule has 0 unspecified atom stereocenters. The van der Waals surface area contributed by atoms with Gasteiger partial charge in [-0.05, 0) is 52.4 Å². The highest BCUT2D eigenvalue weighted by Crippen LogP contribution is 2.39. The minimum atomic E-state index is -4.94. The van der Waals surface area contributed by atoms with Crippen molar-refractivity contribution in [3.63, 3.8) is 0 Å². The molecule has 40 heavy (non-hydrogen) atoms. The summed E-state index contributed by atoms with van der Waals surface area (Å²) in [5.41, 5.74) is -2.52. The lowest BCUT2D eigenvalue weighted by Crippen LogP contribution is -2.42. The number of halogens is 5. The van der Waals surface area contributed by atoms with E-state index in [1.807, 2.05) is 13.8 Å². The molecule has 9 nitrogen and oxygen atoms in total. The van der Waals surface area contributed by atoms with Crippen LogP contribution in [-0.2, 0) is 15.7 Å². The normalized spacial score (nSPS) is 22.7. The lowest BCUT2D eigenvalue weighted by molar-refractivity contribution is -0.147. The SMILES string of the molecule is CC1(C)CC[C@@H](CN(CC(=O)c2c(Cl)cncc2Cl)C(=O)c2cnn(C3CCC(C(=O)O)CC3)c2C(F)(F)F)O1. The first kappa shape index (κ1) is 30.3. The van der Waals surface area contributed by atoms with Gasteiger partial charge in [0, 0.05) is 18.9 Å². The van der Waals surface area contributed by atoms with Gasteiger partial charge in [-0.3, -0.25) is 24.0 Å². The number of ether oxygens (including phenoxy) is 1. The fourth-order valence-electron chi connectivity index (χ4n) is 5.42. The highest BCUT2D eigenvalue weighted by molar-refractivity contribution is 6.39. The van der Waals surface area contributed by atoms with Gasteiger partial charge in [-0.2, -0.15) is 18.3 Å². The average Bonchev–Trinajstić information content (AvgIpc) is 3.46. The standard InChI is InChI=1S/C26H29Cl2F3N4O5/c1-25(2)8-7-16(40-25)12-34(13-20(36)21-18(27)10-32-11-19(21)28)23(37)17-9-33-35(22(17)26(29,30)31)15-5-3-14(4-6-15)24(38)39/h9-11,14-16H,3-8,12-13H2,1-2H3,(H,38,39)/t14?,15?,16-/m0/s1. The van der Waals surface area contributed by atoms with Gasteiger partial charge < -0.3 is 14.7 Å². The Bertz CT molecular complexity index is 1270. The van der Waals surface area contributed by atoms with Crippen molar-refractivity contribution in [2.45, 2.75) is 76.3 Å². The number of nitrogens with zero attached hydrogens (tertiary/aromatic N) is 4. The van der Waals surface area contributed by atoms with Gasteiger partial charge >= 0.3 is 12.1 Å². The van der Waals surface area contributed by atoms with Crippen LogP contribution in [0.5, 0.6) is 0 Å². The summed E-state index contributed by atoms with van der Waals surface area (Å²) in [7, 11) is 0. The number of alkyl halides is 3. The summed E-state index contributed by atoms with van der Waals surface area (Å²) in [6.45, 7) is 2.99. The predicted octanol–water partition coefficient (Wildman–Crippen LogP) is 5.70. The number of amides is 1. The van der Waals surface area contributed by atoms with E-state index in [0.717, 1.165) is 15.8 Å². The van der Waals surface area contributed by atoms with E-state index in [0.29, 0.717) is 12.8 Å². The molecule has 0 bridgehead atoms. The molecule has 1 aliphatic heterocycles. The van der Waals surface area contributed by atoms with Crippen LogP contribution >= 0.6 is 23.2 Å². The molecule has 1 saturated carbocycles. The van der Waals surface area contributed by atoms with Crippen molar-refractivity contribution < 1.29 is 37.4 Å². The molecular weight excluding hydrogens is 576 g/mol. The van der Waals surface area contributed by atoms with E-state index >= 15 is 0 Å². The lowest BCUT2D eigenvalue weighted by Gasteiger charge is -2.29. The van der Waals surface area contributed by atoms with E-state index < -0.39 is 65.3 Å². The first-order valence-corrected chi connectivity index (χ1v) is 13.6. The van der Waals surface area contributed by atoms with Crippen molar-refractivity contribution in [2.24, 2.45) is 5.92 Å². The van der Waals surface area contributed by atoms with Crippen molar-refractivity contribution in [3.8, 4) is 0 Å². The zero-order chi connectivity index (χ0) is 29.4. The number of carboxylic acid groups (broad SMARTS) is 1. The number of ketones is 1. The quantitative estimate of drug-likeness (QED) is 0.384. The second-order valence-electron chi connectivity index (χ2n) is 10.8. The van der Waals surface area contributed by atoms with Crippen LogP contribution in [0.3, 0.4) is 0 Å². The highest BCUT2D eigenvalue weighted by Gasteiger charge is 2.44. The third kappa shape index (κ3) is 6.60. The third-order valence-electron chi connectivity index (χ3n) is 7.42. The number of aromatic nitrogens is 3. The molecule has 2 fully saturated rings. The summed E-state index contributed by atoms with van der Waals surface area (Å²) < 4.78 is 50.0. The first-order valence-electron chi connectivity index (χ1n) is 12.8. The molecule has 1 aliphatic carbocycles. The van der Waals surface area contributed by atoms with Crippen molar-refractivity contribution in [1.29, 1.82) is 0 Å². The molecule has 2 aromatic heterocycles. The number of hydrogen-bond donors (Lipinski definition) is 1. The maximum absolute atomic E-state index is 14.4. The average molecular weight is 605 g/mol. The molecule has 2 aromatic rings. The molecule has 3 heterocycles. The monoisotopic (exact) mass is 604 g/mol. The van der Waals surface area contributed by atoms with Gasteiger partial charge in [-0.15, -0.1) is 0 Å². The van der Waals surface area contributed by atoms with Gasteiger partial charge in [0.25, 0.3) is 5.91 Å². The van der Waals surface area contributed by atoms with E-state index in [2.05, 4.69) is 10.1 Å². The summed E-state index contributed by atoms with van der Waals surface area (Å²) in [6, 6.07) is -0.725. The lowest BCUT2D eigenvalue weighted by atomic mass is 9.86. The van der Waals surface area contributed by atoms with Crippen LogP contribution in [0.15, 0.2) is 18.6 Å². The van der Waals surface area contributed by atoms with Gasteiger partial charge in [0.15, 0.2) is 11.5 Å². The Morgan fingerprint density at radius 1 is 1.10 bits per heavy atom. The van der Waals surface area contributed by atoms with Crippen LogP contribution in [0.1, 0.15) is 84.8 Å². The zero-order valence-corrected chi connectivity index (χ0v) is 23.4. The fraction of sp³-hybridized carbons (Fsp3) is 0.577. The van der Waals surface area contributed by atoms with Gasteiger partial charge in [0.1, 0.15) is 0 Å². The Morgan fingerprint density at radius 2 is 1.73 bits per heavy atom. The molecule has 1 saturated heterocycles. The van der Waals surface area contributed by atoms with Crippen molar-refractivity contribution in [2.75, 3.05) is 13.1 Å². The fourth-order valence-corrected chi connectivity index (χ4v) is 5.99. The largest absolute Gasteiger partial charge is 0.481 e. The highest BCUT2D eigenvalue weighted by atomic mass is 35.5. The number of aliphatic carboxylic acids is 1. The number of Topliss-reactive ketones (excluding diaryl/α,β-unsaturated/α-hetero) is 1. The topological polar surface area (TPSA) is 115 Å². The summed E-state index contributed by atoms with van der Waals surface area (Å²) >= 11 is 12.2.